The Labute approximate surface area is 119 Å². The summed E-state index contributed by atoms with van der Waals surface area (Å²) >= 11 is 0. The van der Waals surface area contributed by atoms with Gasteiger partial charge >= 0.3 is 0 Å². The van der Waals surface area contributed by atoms with Crippen molar-refractivity contribution in [1.82, 2.24) is 5.32 Å². The maximum absolute atomic E-state index is 10.6. The van der Waals surface area contributed by atoms with Gasteiger partial charge in [-0.1, -0.05) is 12.1 Å². The number of hydrogen-bond acceptors (Lipinski definition) is 4. The van der Waals surface area contributed by atoms with E-state index in [2.05, 4.69) is 12.2 Å². The monoisotopic (exact) mass is 278 g/mol. The van der Waals surface area contributed by atoms with Crippen LogP contribution in [0.4, 0.5) is 5.69 Å². The van der Waals surface area contributed by atoms with E-state index in [1.54, 1.807) is 24.3 Å². The number of benzene rings is 1. The first-order valence-electron chi connectivity index (χ1n) is 7.22. The predicted octanol–water partition coefficient (Wildman–Crippen LogP) is 3.06. The molecule has 110 valence electrons. The van der Waals surface area contributed by atoms with Gasteiger partial charge in [-0.05, 0) is 44.2 Å². The van der Waals surface area contributed by atoms with Crippen LogP contribution in [-0.2, 0) is 4.74 Å². The highest BCUT2D eigenvalue weighted by atomic mass is 16.6. The normalized spacial score (nSPS) is 16.1. The fraction of sp³-hybridized carbons (Fsp3) is 0.600. The fourth-order valence-electron chi connectivity index (χ4n) is 2.03. The number of nitro groups is 1. The van der Waals surface area contributed by atoms with Gasteiger partial charge in [-0.15, -0.1) is 0 Å². The summed E-state index contributed by atoms with van der Waals surface area (Å²) < 4.78 is 5.57. The summed E-state index contributed by atoms with van der Waals surface area (Å²) in [6, 6.07) is 6.90. The van der Waals surface area contributed by atoms with Crippen LogP contribution in [0.5, 0.6) is 0 Å². The number of nitrogens with zero attached hydrogens (tertiary/aromatic N) is 1. The number of ether oxygens (including phenoxy) is 1. The van der Waals surface area contributed by atoms with E-state index in [0.29, 0.717) is 0 Å². The van der Waals surface area contributed by atoms with Gasteiger partial charge in [0.25, 0.3) is 5.69 Å². The number of non-ortho nitro benzene ring substituents is 1. The van der Waals surface area contributed by atoms with Crippen molar-refractivity contribution in [1.29, 1.82) is 0 Å². The Bertz CT molecular complexity index is 429. The van der Waals surface area contributed by atoms with Crippen LogP contribution in [0.25, 0.3) is 0 Å². The second-order valence-electron chi connectivity index (χ2n) is 5.40. The first kappa shape index (κ1) is 14.9. The van der Waals surface area contributed by atoms with Crippen LogP contribution >= 0.6 is 0 Å². The fourth-order valence-corrected chi connectivity index (χ4v) is 2.03. The van der Waals surface area contributed by atoms with E-state index in [9.17, 15) is 10.1 Å². The molecule has 1 aliphatic rings. The quantitative estimate of drug-likeness (QED) is 0.428. The largest absolute Gasteiger partial charge is 0.381 e. The Hall–Kier alpha value is -1.46. The second-order valence-corrected chi connectivity index (χ2v) is 5.40. The predicted molar refractivity (Wildman–Crippen MR) is 77.7 cm³/mol. The van der Waals surface area contributed by atoms with E-state index in [0.717, 1.165) is 37.7 Å². The lowest BCUT2D eigenvalue weighted by Crippen LogP contribution is -2.21. The summed E-state index contributed by atoms with van der Waals surface area (Å²) in [6.07, 6.45) is 3.65. The third kappa shape index (κ3) is 4.90. The zero-order chi connectivity index (χ0) is 14.4. The molecule has 20 heavy (non-hydrogen) atoms. The van der Waals surface area contributed by atoms with E-state index in [1.165, 1.54) is 12.8 Å². The second kappa shape index (κ2) is 7.36. The molecular formula is C15H22N2O3. The van der Waals surface area contributed by atoms with Crippen LogP contribution in [0.3, 0.4) is 0 Å². The first-order chi connectivity index (χ1) is 9.66. The molecule has 1 saturated carbocycles. The summed E-state index contributed by atoms with van der Waals surface area (Å²) in [5.74, 6) is 0.821. The van der Waals surface area contributed by atoms with Gasteiger partial charge in [0.1, 0.15) is 0 Å². The average Bonchev–Trinajstić information content (AvgIpc) is 3.26. The maximum Gasteiger partial charge on any atom is 0.269 e. The molecule has 0 aromatic heterocycles. The summed E-state index contributed by atoms with van der Waals surface area (Å²) in [5, 5.41) is 14.0. The van der Waals surface area contributed by atoms with Crippen molar-refractivity contribution in [3.05, 3.63) is 39.9 Å². The van der Waals surface area contributed by atoms with Crippen LogP contribution in [0.15, 0.2) is 24.3 Å². The van der Waals surface area contributed by atoms with Crippen molar-refractivity contribution in [3.63, 3.8) is 0 Å². The first-order valence-corrected chi connectivity index (χ1v) is 7.22. The molecule has 0 heterocycles. The minimum absolute atomic E-state index is 0.134. The molecule has 1 atom stereocenters. The smallest absolute Gasteiger partial charge is 0.269 e. The summed E-state index contributed by atoms with van der Waals surface area (Å²) in [4.78, 5) is 10.2. The molecule has 0 spiro atoms. The molecule has 1 fully saturated rings. The van der Waals surface area contributed by atoms with Crippen molar-refractivity contribution in [2.75, 3.05) is 19.8 Å². The van der Waals surface area contributed by atoms with Gasteiger partial charge in [-0.2, -0.15) is 0 Å². The van der Waals surface area contributed by atoms with Gasteiger partial charge in [0.05, 0.1) is 4.92 Å². The van der Waals surface area contributed by atoms with Crippen molar-refractivity contribution < 1.29 is 9.66 Å². The van der Waals surface area contributed by atoms with Crippen LogP contribution < -0.4 is 5.32 Å². The van der Waals surface area contributed by atoms with Gasteiger partial charge in [0.2, 0.25) is 0 Å². The van der Waals surface area contributed by atoms with Gasteiger partial charge in [0.15, 0.2) is 0 Å². The lowest BCUT2D eigenvalue weighted by Gasteiger charge is -2.14. The Balaban J connectivity index is 1.62. The number of nitrogens with one attached hydrogen (secondary N) is 1. The summed E-state index contributed by atoms with van der Waals surface area (Å²) in [6.45, 7) is 4.67. The van der Waals surface area contributed by atoms with Crippen LogP contribution in [-0.4, -0.2) is 24.7 Å². The highest BCUT2D eigenvalue weighted by molar-refractivity contribution is 5.33. The standard InChI is InChI=1S/C15H22N2O3/c1-12(14-5-7-15(8-6-14)17(18)19)16-9-2-10-20-11-13-3-4-13/h5-8,12-13,16H,2-4,9-11H2,1H3. The summed E-state index contributed by atoms with van der Waals surface area (Å²) in [5.41, 5.74) is 1.20. The van der Waals surface area contributed by atoms with Gasteiger partial charge in [-0.25, -0.2) is 0 Å². The minimum atomic E-state index is -0.376. The minimum Gasteiger partial charge on any atom is -0.381 e. The lowest BCUT2D eigenvalue weighted by atomic mass is 10.1. The number of hydrogen-bond donors (Lipinski definition) is 1. The molecule has 0 saturated heterocycles. The molecule has 1 N–H and O–H groups in total. The van der Waals surface area contributed by atoms with Crippen molar-refractivity contribution in [3.8, 4) is 0 Å². The molecule has 1 unspecified atom stereocenters. The number of rotatable bonds is 9. The SMILES string of the molecule is CC(NCCCOCC1CC1)c1ccc([N+](=O)[O-])cc1. The molecule has 0 aliphatic heterocycles. The average molecular weight is 278 g/mol. The molecular weight excluding hydrogens is 256 g/mol. The van der Waals surface area contributed by atoms with Crippen LogP contribution in [0.1, 0.15) is 37.8 Å². The molecule has 1 aromatic carbocycles. The Kier molecular flexibility index (Phi) is 5.49. The van der Waals surface area contributed by atoms with Crippen LogP contribution in [0, 0.1) is 16.0 Å². The topological polar surface area (TPSA) is 64.4 Å². The molecule has 2 rings (SSSR count). The molecule has 1 aromatic rings. The van der Waals surface area contributed by atoms with Gasteiger partial charge < -0.3 is 10.1 Å². The third-order valence-corrected chi connectivity index (χ3v) is 3.57. The molecule has 0 bridgehead atoms. The molecule has 5 heteroatoms. The van der Waals surface area contributed by atoms with Crippen molar-refractivity contribution >= 4 is 5.69 Å². The van der Waals surface area contributed by atoms with E-state index in [1.807, 2.05) is 0 Å². The maximum atomic E-state index is 10.6. The zero-order valence-electron chi connectivity index (χ0n) is 11.9. The highest BCUT2D eigenvalue weighted by Gasteiger charge is 2.20. The molecule has 0 amide bonds. The Morgan fingerprint density at radius 1 is 1.40 bits per heavy atom. The van der Waals surface area contributed by atoms with E-state index in [-0.39, 0.29) is 16.7 Å². The summed E-state index contributed by atoms with van der Waals surface area (Å²) in [7, 11) is 0. The Morgan fingerprint density at radius 3 is 2.70 bits per heavy atom. The van der Waals surface area contributed by atoms with Crippen molar-refractivity contribution in [2.24, 2.45) is 5.92 Å². The van der Waals surface area contributed by atoms with Gasteiger partial charge in [-0.3, -0.25) is 10.1 Å². The zero-order valence-corrected chi connectivity index (χ0v) is 11.9. The van der Waals surface area contributed by atoms with E-state index < -0.39 is 0 Å². The number of nitro benzene ring substituents is 1. The van der Waals surface area contributed by atoms with Gasteiger partial charge in [0, 0.05) is 31.4 Å². The highest BCUT2D eigenvalue weighted by Crippen LogP contribution is 2.28. The molecule has 5 nitrogen and oxygen atoms in total. The Morgan fingerprint density at radius 2 is 2.10 bits per heavy atom. The third-order valence-electron chi connectivity index (χ3n) is 3.57. The molecule has 0 radical (unpaired) electrons. The lowest BCUT2D eigenvalue weighted by molar-refractivity contribution is -0.384. The van der Waals surface area contributed by atoms with Crippen molar-refractivity contribution in [2.45, 2.75) is 32.2 Å². The van der Waals surface area contributed by atoms with E-state index >= 15 is 0 Å². The van der Waals surface area contributed by atoms with E-state index in [4.69, 9.17) is 4.74 Å². The molecule has 1 aliphatic carbocycles. The van der Waals surface area contributed by atoms with Crippen LogP contribution in [0.2, 0.25) is 0 Å².